The third kappa shape index (κ3) is 2.78. The van der Waals surface area contributed by atoms with E-state index in [0.717, 1.165) is 13.0 Å². The molecule has 2 aromatic rings. The molecule has 9 heteroatoms. The van der Waals surface area contributed by atoms with E-state index in [9.17, 15) is 8.42 Å². The van der Waals surface area contributed by atoms with Gasteiger partial charge < -0.3 is 4.98 Å². The number of aryl methyl sites for hydroxylation is 2. The molecule has 0 saturated heterocycles. The van der Waals surface area contributed by atoms with Crippen LogP contribution in [0, 0.1) is 6.92 Å². The lowest BCUT2D eigenvalue weighted by atomic mass is 10.1. The zero-order valence-electron chi connectivity index (χ0n) is 12.9. The highest BCUT2D eigenvalue weighted by molar-refractivity contribution is 7.89. The standard InChI is InChI=1S/C13H20N6O2S/c1-8(2)12-14-7-11(16-12)22(20,21)18-10-5-4-6-19-13(10)15-9(3)17-19/h7-8,10,18H,4-6H2,1-3H3,(H,14,16)/t10-/m1/s1. The smallest absolute Gasteiger partial charge is 0.258 e. The molecular formula is C13H20N6O2S. The molecule has 0 amide bonds. The van der Waals surface area contributed by atoms with Crippen molar-refractivity contribution in [2.45, 2.75) is 57.1 Å². The van der Waals surface area contributed by atoms with Gasteiger partial charge in [-0.15, -0.1) is 0 Å². The van der Waals surface area contributed by atoms with E-state index in [-0.39, 0.29) is 17.0 Å². The van der Waals surface area contributed by atoms with E-state index >= 15 is 0 Å². The van der Waals surface area contributed by atoms with Crippen LogP contribution in [0.15, 0.2) is 11.2 Å². The van der Waals surface area contributed by atoms with Gasteiger partial charge in [-0.1, -0.05) is 13.8 Å². The molecule has 1 aliphatic heterocycles. The molecule has 0 radical (unpaired) electrons. The first-order chi connectivity index (χ1) is 10.4. The summed E-state index contributed by atoms with van der Waals surface area (Å²) in [5.74, 6) is 2.13. The SMILES string of the molecule is Cc1nc2n(n1)CCC[C@H]2NS(=O)(=O)c1cnc(C(C)C)[nH]1. The predicted octanol–water partition coefficient (Wildman–Crippen LogP) is 1.25. The van der Waals surface area contributed by atoms with E-state index < -0.39 is 10.0 Å². The number of hydrogen-bond donors (Lipinski definition) is 2. The van der Waals surface area contributed by atoms with Gasteiger partial charge >= 0.3 is 0 Å². The van der Waals surface area contributed by atoms with Crippen molar-refractivity contribution in [2.75, 3.05) is 0 Å². The lowest BCUT2D eigenvalue weighted by molar-refractivity contribution is 0.399. The maximum atomic E-state index is 12.5. The van der Waals surface area contributed by atoms with Crippen molar-refractivity contribution in [1.82, 2.24) is 29.5 Å². The van der Waals surface area contributed by atoms with Crippen molar-refractivity contribution >= 4 is 10.0 Å². The quantitative estimate of drug-likeness (QED) is 0.880. The van der Waals surface area contributed by atoms with Crippen molar-refractivity contribution in [2.24, 2.45) is 0 Å². The highest BCUT2D eigenvalue weighted by atomic mass is 32.2. The molecule has 1 aliphatic rings. The maximum absolute atomic E-state index is 12.5. The second-order valence-corrected chi connectivity index (χ2v) is 7.53. The summed E-state index contributed by atoms with van der Waals surface area (Å²) in [6.07, 6.45) is 2.93. The summed E-state index contributed by atoms with van der Waals surface area (Å²) >= 11 is 0. The summed E-state index contributed by atoms with van der Waals surface area (Å²) in [4.78, 5) is 11.3. The summed E-state index contributed by atoms with van der Waals surface area (Å²) < 4.78 is 29.5. The van der Waals surface area contributed by atoms with E-state index in [2.05, 4.69) is 24.8 Å². The van der Waals surface area contributed by atoms with Crippen LogP contribution in [0.25, 0.3) is 0 Å². The zero-order chi connectivity index (χ0) is 15.9. The number of aromatic amines is 1. The molecular weight excluding hydrogens is 304 g/mol. The third-order valence-corrected chi connectivity index (χ3v) is 5.07. The summed E-state index contributed by atoms with van der Waals surface area (Å²) in [5, 5.41) is 4.37. The average molecular weight is 324 g/mol. The van der Waals surface area contributed by atoms with E-state index in [4.69, 9.17) is 0 Å². The Balaban J connectivity index is 1.85. The van der Waals surface area contributed by atoms with Crippen molar-refractivity contribution in [3.8, 4) is 0 Å². The average Bonchev–Trinajstić information content (AvgIpc) is 3.04. The van der Waals surface area contributed by atoms with Crippen LogP contribution in [0.5, 0.6) is 0 Å². The molecule has 0 bridgehead atoms. The summed E-state index contributed by atoms with van der Waals surface area (Å²) in [5.41, 5.74) is 0. The Morgan fingerprint density at radius 3 is 2.91 bits per heavy atom. The van der Waals surface area contributed by atoms with Crippen LogP contribution in [0.2, 0.25) is 0 Å². The molecule has 0 saturated carbocycles. The Morgan fingerprint density at radius 2 is 2.23 bits per heavy atom. The number of nitrogens with zero attached hydrogens (tertiary/aromatic N) is 4. The lowest BCUT2D eigenvalue weighted by Crippen LogP contribution is -2.33. The largest absolute Gasteiger partial charge is 0.332 e. The molecule has 0 aliphatic carbocycles. The van der Waals surface area contributed by atoms with Crippen LogP contribution in [0.4, 0.5) is 0 Å². The summed E-state index contributed by atoms with van der Waals surface area (Å²) in [7, 11) is -3.66. The lowest BCUT2D eigenvalue weighted by Gasteiger charge is -2.22. The number of fused-ring (bicyclic) bond motifs is 1. The van der Waals surface area contributed by atoms with Gasteiger partial charge in [0.15, 0.2) is 5.03 Å². The highest BCUT2D eigenvalue weighted by Gasteiger charge is 2.29. The molecule has 0 fully saturated rings. The van der Waals surface area contributed by atoms with E-state index in [1.165, 1.54) is 6.20 Å². The summed E-state index contributed by atoms with van der Waals surface area (Å²) in [6.45, 7) is 6.49. The molecule has 2 aromatic heterocycles. The fraction of sp³-hybridized carbons (Fsp3) is 0.615. The van der Waals surface area contributed by atoms with Crippen molar-refractivity contribution < 1.29 is 8.42 Å². The Labute approximate surface area is 129 Å². The third-order valence-electron chi connectivity index (χ3n) is 3.69. The molecule has 0 unspecified atom stereocenters. The normalized spacial score (nSPS) is 18.6. The van der Waals surface area contributed by atoms with Crippen molar-refractivity contribution in [1.29, 1.82) is 0 Å². The number of nitrogens with one attached hydrogen (secondary N) is 2. The van der Waals surface area contributed by atoms with Crippen LogP contribution >= 0.6 is 0 Å². The van der Waals surface area contributed by atoms with Crippen LogP contribution in [-0.2, 0) is 16.6 Å². The highest BCUT2D eigenvalue weighted by Crippen LogP contribution is 2.25. The second kappa shape index (κ2) is 5.47. The zero-order valence-corrected chi connectivity index (χ0v) is 13.7. The Morgan fingerprint density at radius 1 is 1.45 bits per heavy atom. The monoisotopic (exact) mass is 324 g/mol. The van der Waals surface area contributed by atoms with Crippen molar-refractivity contribution in [3.63, 3.8) is 0 Å². The Hall–Kier alpha value is -1.74. The number of sulfonamides is 1. The van der Waals surface area contributed by atoms with Gasteiger partial charge in [-0.05, 0) is 19.8 Å². The van der Waals surface area contributed by atoms with Gasteiger partial charge in [-0.2, -0.15) is 9.82 Å². The van der Waals surface area contributed by atoms with Gasteiger partial charge in [0, 0.05) is 12.5 Å². The molecule has 0 spiro atoms. The number of imidazole rings is 1. The molecule has 1 atom stereocenters. The first-order valence-electron chi connectivity index (χ1n) is 7.35. The van der Waals surface area contributed by atoms with E-state index in [0.29, 0.717) is 23.9 Å². The van der Waals surface area contributed by atoms with Crippen LogP contribution < -0.4 is 4.72 Å². The van der Waals surface area contributed by atoms with Crippen LogP contribution in [0.1, 0.15) is 56.1 Å². The predicted molar refractivity (Wildman–Crippen MR) is 79.7 cm³/mol. The first-order valence-corrected chi connectivity index (χ1v) is 8.83. The minimum Gasteiger partial charge on any atom is -0.332 e. The first kappa shape index (κ1) is 15.2. The molecule has 22 heavy (non-hydrogen) atoms. The van der Waals surface area contributed by atoms with E-state index in [1.54, 1.807) is 11.6 Å². The molecule has 0 aromatic carbocycles. The summed E-state index contributed by atoms with van der Waals surface area (Å²) in [6, 6.07) is -0.356. The molecule has 3 heterocycles. The maximum Gasteiger partial charge on any atom is 0.258 e. The van der Waals surface area contributed by atoms with Crippen LogP contribution in [0.3, 0.4) is 0 Å². The topological polar surface area (TPSA) is 106 Å². The van der Waals surface area contributed by atoms with Gasteiger partial charge in [-0.3, -0.25) is 0 Å². The Bertz CT molecular complexity index is 776. The second-order valence-electron chi connectivity index (χ2n) is 5.84. The number of rotatable bonds is 4. The van der Waals surface area contributed by atoms with Gasteiger partial charge in [0.05, 0.1) is 12.2 Å². The molecule has 3 rings (SSSR count). The number of aromatic nitrogens is 5. The van der Waals surface area contributed by atoms with Gasteiger partial charge in [0.1, 0.15) is 17.5 Å². The van der Waals surface area contributed by atoms with Crippen LogP contribution in [-0.4, -0.2) is 33.2 Å². The van der Waals surface area contributed by atoms with E-state index in [1.807, 2.05) is 13.8 Å². The fourth-order valence-electron chi connectivity index (χ4n) is 2.58. The van der Waals surface area contributed by atoms with Gasteiger partial charge in [0.25, 0.3) is 10.0 Å². The van der Waals surface area contributed by atoms with Crippen molar-refractivity contribution in [3.05, 3.63) is 23.7 Å². The molecule has 2 N–H and O–H groups in total. The molecule has 8 nitrogen and oxygen atoms in total. The Kier molecular flexibility index (Phi) is 3.77. The van der Waals surface area contributed by atoms with Gasteiger partial charge in [-0.25, -0.2) is 23.1 Å². The molecule has 120 valence electrons. The minimum atomic E-state index is -3.66. The fourth-order valence-corrected chi connectivity index (χ4v) is 3.73. The van der Waals surface area contributed by atoms with Gasteiger partial charge in [0.2, 0.25) is 0 Å². The number of H-pyrrole nitrogens is 1. The number of hydrogen-bond acceptors (Lipinski definition) is 5. The minimum absolute atomic E-state index is 0.0876.